The van der Waals surface area contributed by atoms with Crippen LogP contribution in [-0.4, -0.2) is 8.66 Å². The van der Waals surface area contributed by atoms with Crippen molar-refractivity contribution in [1.82, 2.24) is 0 Å². The maximum absolute atomic E-state index is 10.4. The molecule has 0 bridgehead atoms. The Balaban J connectivity index is 3.21. The maximum Gasteiger partial charge on any atom is 0.268 e. The molecule has 0 fully saturated rings. The van der Waals surface area contributed by atoms with E-state index >= 15 is 0 Å². The Labute approximate surface area is 98.0 Å². The molecule has 0 radical (unpaired) electrons. The Bertz CT molecular complexity index is 485. The molecule has 9 heteroatoms. The minimum atomic E-state index is -0.708. The largest absolute Gasteiger partial charge is 0.268 e. The molecule has 1 aromatic carbocycles. The highest BCUT2D eigenvalue weighted by molar-refractivity contribution is 7.96. The first-order chi connectivity index (χ1) is 7.54. The Morgan fingerprint density at radius 2 is 1.81 bits per heavy atom. The molecule has 1 rings (SSSR count). The second-order valence-electron chi connectivity index (χ2n) is 2.37. The van der Waals surface area contributed by atoms with E-state index in [-0.39, 0.29) is 39.3 Å². The zero-order valence-corrected chi connectivity index (χ0v) is 9.16. The summed E-state index contributed by atoms with van der Waals surface area (Å²) >= 11 is 0.435. The first kappa shape index (κ1) is 12.3. The fraction of sp³-hybridized carbons (Fsp3) is 0. The maximum atomic E-state index is 10.4. The molecule has 0 saturated heterocycles. The molecule has 0 aromatic heterocycles. The summed E-state index contributed by atoms with van der Waals surface area (Å²) in [4.78, 5) is 20.8. The highest BCUT2D eigenvalue weighted by Crippen LogP contribution is 2.33. The van der Waals surface area contributed by atoms with Gasteiger partial charge in [0.1, 0.15) is 24.5 Å². The summed E-state index contributed by atoms with van der Waals surface area (Å²) in [5, 5.41) is 29.4. The lowest BCUT2D eigenvalue weighted by Gasteiger charge is -1.99. The van der Waals surface area contributed by atoms with Crippen molar-refractivity contribution in [3.63, 3.8) is 0 Å². The van der Waals surface area contributed by atoms with Crippen LogP contribution in [0.25, 0.3) is 0 Å². The van der Waals surface area contributed by atoms with Crippen LogP contribution >= 0.6 is 23.9 Å². The number of hydrogen-bond donors (Lipinski definition) is 0. The lowest BCUT2D eigenvalue weighted by atomic mass is 10.2. The van der Waals surface area contributed by atoms with Crippen molar-refractivity contribution < 1.29 is 8.66 Å². The smallest absolute Gasteiger partial charge is 0.250 e. The fourth-order valence-corrected chi connectivity index (χ4v) is 2.16. The van der Waals surface area contributed by atoms with Gasteiger partial charge in [-0.1, -0.05) is 6.07 Å². The fourth-order valence-electron chi connectivity index (χ4n) is 0.925. The van der Waals surface area contributed by atoms with Crippen molar-refractivity contribution in [2.24, 2.45) is 0 Å². The van der Waals surface area contributed by atoms with Crippen LogP contribution in [-0.2, 0) is 0 Å². The number of rotatable bonds is 4. The molecule has 7 nitrogen and oxygen atoms in total. The van der Waals surface area contributed by atoms with Gasteiger partial charge in [-0.05, 0) is 12.1 Å². The van der Waals surface area contributed by atoms with E-state index in [1.165, 1.54) is 18.2 Å². The average Bonchev–Trinajstić information content (AvgIpc) is 2.19. The highest BCUT2D eigenvalue weighted by Gasteiger charge is 2.21. The van der Waals surface area contributed by atoms with Gasteiger partial charge in [0.15, 0.2) is 0 Å². The molecule has 0 saturated carbocycles. The van der Waals surface area contributed by atoms with Crippen molar-refractivity contribution in [2.75, 3.05) is 0 Å². The molecule has 0 N–H and O–H groups in total. The van der Waals surface area contributed by atoms with E-state index in [1.807, 2.05) is 0 Å². The zero-order valence-electron chi connectivity index (χ0n) is 7.52. The third-order valence-corrected chi connectivity index (χ3v) is 3.02. The minimum Gasteiger partial charge on any atom is -0.250 e. The molecule has 0 aliphatic rings. The van der Waals surface area contributed by atoms with E-state index in [9.17, 15) is 20.2 Å². The number of benzene rings is 1. The lowest BCUT2D eigenvalue weighted by Crippen LogP contribution is -1.92. The third-order valence-electron chi connectivity index (χ3n) is 1.44. The number of nitriles is 1. The van der Waals surface area contributed by atoms with E-state index < -0.39 is 8.66 Å². The number of hydrogen-bond acceptors (Lipinski definition) is 7. The Morgan fingerprint density at radius 1 is 1.19 bits per heavy atom. The van der Waals surface area contributed by atoms with Crippen LogP contribution in [0.4, 0.5) is 0 Å². The van der Waals surface area contributed by atoms with Gasteiger partial charge >= 0.3 is 0 Å². The summed E-state index contributed by atoms with van der Waals surface area (Å²) in [6.45, 7) is 0. The molecular weight excluding hydrogens is 254 g/mol. The van der Waals surface area contributed by atoms with Gasteiger partial charge in [-0.25, -0.2) is 0 Å². The molecule has 82 valence electrons. The van der Waals surface area contributed by atoms with Crippen LogP contribution in [0, 0.1) is 31.6 Å². The predicted octanol–water partition coefficient (Wildman–Crippen LogP) is 2.13. The Kier molecular flexibility index (Phi) is 4.10. The van der Waals surface area contributed by atoms with Crippen molar-refractivity contribution in [2.45, 2.75) is 9.79 Å². The van der Waals surface area contributed by atoms with Gasteiger partial charge in [-0.15, -0.1) is 0 Å². The molecular formula is C7H3N3O4S2. The number of nitro groups is 2. The second-order valence-corrected chi connectivity index (χ2v) is 4.18. The summed E-state index contributed by atoms with van der Waals surface area (Å²) in [7, 11) is 0. The third kappa shape index (κ3) is 3.11. The topological polar surface area (TPSA) is 110 Å². The van der Waals surface area contributed by atoms with Crippen LogP contribution in [0.15, 0.2) is 28.0 Å². The summed E-state index contributed by atoms with van der Waals surface area (Å²) in [5.74, 6) is 0. The molecule has 0 atom stereocenters. The quantitative estimate of drug-likeness (QED) is 0.461. The predicted molar refractivity (Wildman–Crippen MR) is 56.9 cm³/mol. The summed E-state index contributed by atoms with van der Waals surface area (Å²) in [6.07, 6.45) is 0. The molecule has 0 amide bonds. The molecule has 0 spiro atoms. The minimum absolute atomic E-state index is 0.00306. The second kappa shape index (κ2) is 5.34. The van der Waals surface area contributed by atoms with E-state index in [0.29, 0.717) is 0 Å². The van der Waals surface area contributed by atoms with E-state index in [4.69, 9.17) is 5.26 Å². The summed E-state index contributed by atoms with van der Waals surface area (Å²) in [5.41, 5.74) is 0.0496. The molecule has 0 aliphatic carbocycles. The standard InChI is InChI=1S/C7H3N3O4S2/c8-4-5-2-1-3-6(15-9(11)12)7(5)16-10(13)14/h1-3H. The normalized spacial score (nSPS) is 9.44. The van der Waals surface area contributed by atoms with Crippen LogP contribution in [0.5, 0.6) is 0 Å². The molecule has 0 unspecified atom stereocenters. The highest BCUT2D eigenvalue weighted by atomic mass is 32.2. The number of nitrogens with zero attached hydrogens (tertiary/aromatic N) is 3. The summed E-state index contributed by atoms with van der Waals surface area (Å²) < 4.78 is -1.39. The van der Waals surface area contributed by atoms with Crippen molar-refractivity contribution >= 4 is 23.9 Å². The van der Waals surface area contributed by atoms with Crippen LogP contribution < -0.4 is 0 Å². The van der Waals surface area contributed by atoms with E-state index in [2.05, 4.69) is 0 Å². The van der Waals surface area contributed by atoms with E-state index in [0.717, 1.165) is 0 Å². The van der Waals surface area contributed by atoms with Gasteiger partial charge in [0.05, 0.1) is 5.56 Å². The summed E-state index contributed by atoms with van der Waals surface area (Å²) in [6, 6.07) is 5.92. The lowest BCUT2D eigenvalue weighted by molar-refractivity contribution is -0.286. The first-order valence-corrected chi connectivity index (χ1v) is 5.27. The molecule has 1 aromatic rings. The van der Waals surface area contributed by atoms with Crippen molar-refractivity contribution in [3.8, 4) is 6.07 Å². The van der Waals surface area contributed by atoms with Crippen LogP contribution in [0.2, 0.25) is 0 Å². The van der Waals surface area contributed by atoms with Crippen LogP contribution in [0.1, 0.15) is 5.56 Å². The SMILES string of the molecule is N#Cc1cccc(S[N+](=O)[O-])c1S[N+](=O)[O-]. The monoisotopic (exact) mass is 257 g/mol. The zero-order chi connectivity index (χ0) is 12.1. The van der Waals surface area contributed by atoms with Gasteiger partial charge in [0, 0.05) is 0 Å². The Morgan fingerprint density at radius 3 is 2.31 bits per heavy atom. The van der Waals surface area contributed by atoms with Gasteiger partial charge in [0.25, 0.3) is 23.9 Å². The molecule has 0 heterocycles. The first-order valence-electron chi connectivity index (χ1n) is 3.72. The van der Waals surface area contributed by atoms with Crippen molar-refractivity contribution in [3.05, 3.63) is 44.0 Å². The van der Waals surface area contributed by atoms with Gasteiger partial charge in [0.2, 0.25) is 0 Å². The molecule has 16 heavy (non-hydrogen) atoms. The van der Waals surface area contributed by atoms with E-state index in [1.54, 1.807) is 6.07 Å². The average molecular weight is 257 g/mol. The van der Waals surface area contributed by atoms with Gasteiger partial charge in [-0.3, -0.25) is 20.2 Å². The van der Waals surface area contributed by atoms with Crippen LogP contribution in [0.3, 0.4) is 0 Å². The van der Waals surface area contributed by atoms with Crippen molar-refractivity contribution in [1.29, 1.82) is 5.26 Å². The van der Waals surface area contributed by atoms with Gasteiger partial charge < -0.3 is 0 Å². The van der Waals surface area contributed by atoms with Gasteiger partial charge in [-0.2, -0.15) is 5.26 Å². The Hall–Kier alpha value is -1.79. The molecule has 0 aliphatic heterocycles.